The first-order valence-corrected chi connectivity index (χ1v) is 3.47. The zero-order valence-electron chi connectivity index (χ0n) is 7.00. The van der Waals surface area contributed by atoms with Gasteiger partial charge in [-0.05, 0) is 20.8 Å². The largest absolute Gasteiger partial charge is 0.389 e. The maximum Gasteiger partial charge on any atom is 0.148 e. The minimum absolute atomic E-state index is 0.778. The van der Waals surface area contributed by atoms with Gasteiger partial charge < -0.3 is 15.3 Å². The number of aliphatic hydroxyl groups excluding tert-OH is 2. The minimum Gasteiger partial charge on any atom is -0.389 e. The SMILES string of the molecule is CC(O)C#CC(C)(O)C(C)O. The summed E-state index contributed by atoms with van der Waals surface area (Å²) in [5.41, 5.74) is -1.43. The molecule has 0 fully saturated rings. The molecule has 64 valence electrons. The van der Waals surface area contributed by atoms with Crippen molar-refractivity contribution in [1.29, 1.82) is 0 Å². The van der Waals surface area contributed by atoms with Crippen molar-refractivity contribution in [2.45, 2.75) is 38.6 Å². The fraction of sp³-hybridized carbons (Fsp3) is 0.750. The van der Waals surface area contributed by atoms with Gasteiger partial charge in [0.1, 0.15) is 11.7 Å². The van der Waals surface area contributed by atoms with Crippen molar-refractivity contribution in [1.82, 2.24) is 0 Å². The minimum atomic E-state index is -1.43. The lowest BCUT2D eigenvalue weighted by atomic mass is 10.0. The Bertz CT molecular complexity index is 172. The number of hydrogen-bond donors (Lipinski definition) is 3. The highest BCUT2D eigenvalue weighted by molar-refractivity contribution is 5.16. The molecule has 0 heterocycles. The molecule has 0 aromatic rings. The van der Waals surface area contributed by atoms with Crippen molar-refractivity contribution in [3.63, 3.8) is 0 Å². The third-order valence-corrected chi connectivity index (χ3v) is 1.35. The van der Waals surface area contributed by atoms with E-state index >= 15 is 0 Å². The van der Waals surface area contributed by atoms with Gasteiger partial charge >= 0.3 is 0 Å². The van der Waals surface area contributed by atoms with Gasteiger partial charge in [0.15, 0.2) is 0 Å². The first kappa shape index (κ1) is 10.4. The van der Waals surface area contributed by atoms with Gasteiger partial charge in [0.25, 0.3) is 0 Å². The normalized spacial score (nSPS) is 20.9. The molecule has 0 spiro atoms. The molecule has 3 N–H and O–H groups in total. The summed E-state index contributed by atoms with van der Waals surface area (Å²) in [7, 11) is 0. The molecule has 0 rings (SSSR count). The zero-order chi connectivity index (χ0) is 9.07. The van der Waals surface area contributed by atoms with Crippen molar-refractivity contribution in [3.8, 4) is 11.8 Å². The lowest BCUT2D eigenvalue weighted by molar-refractivity contribution is -0.00812. The van der Waals surface area contributed by atoms with E-state index in [9.17, 15) is 5.11 Å². The number of hydrogen-bond acceptors (Lipinski definition) is 3. The second-order valence-electron chi connectivity index (χ2n) is 2.77. The standard InChI is InChI=1S/C8H14O3/c1-6(9)4-5-8(3,11)7(2)10/h6-7,9-11H,1-3H3. The second-order valence-corrected chi connectivity index (χ2v) is 2.77. The highest BCUT2D eigenvalue weighted by Crippen LogP contribution is 2.06. The molecular formula is C8H14O3. The number of aliphatic hydroxyl groups is 3. The molecule has 0 saturated heterocycles. The highest BCUT2D eigenvalue weighted by Gasteiger charge is 2.23. The van der Waals surface area contributed by atoms with Crippen LogP contribution in [0, 0.1) is 11.8 Å². The van der Waals surface area contributed by atoms with Gasteiger partial charge in [-0.25, -0.2) is 0 Å². The van der Waals surface area contributed by atoms with E-state index in [-0.39, 0.29) is 0 Å². The topological polar surface area (TPSA) is 60.7 Å². The van der Waals surface area contributed by atoms with Crippen LogP contribution in [0.1, 0.15) is 20.8 Å². The van der Waals surface area contributed by atoms with E-state index in [1.54, 1.807) is 0 Å². The summed E-state index contributed by atoms with van der Waals surface area (Å²) in [6.07, 6.45) is -1.70. The summed E-state index contributed by atoms with van der Waals surface area (Å²) >= 11 is 0. The summed E-state index contributed by atoms with van der Waals surface area (Å²) in [6, 6.07) is 0. The molecule has 0 bridgehead atoms. The number of rotatable bonds is 1. The van der Waals surface area contributed by atoms with Crippen LogP contribution in [0.2, 0.25) is 0 Å². The predicted molar refractivity (Wildman–Crippen MR) is 41.8 cm³/mol. The van der Waals surface area contributed by atoms with Gasteiger partial charge in [-0.15, -0.1) is 0 Å². The van der Waals surface area contributed by atoms with E-state index in [0.717, 1.165) is 0 Å². The Labute approximate surface area is 66.7 Å². The van der Waals surface area contributed by atoms with Gasteiger partial charge in [-0.1, -0.05) is 11.8 Å². The summed E-state index contributed by atoms with van der Waals surface area (Å²) < 4.78 is 0. The van der Waals surface area contributed by atoms with Crippen molar-refractivity contribution in [3.05, 3.63) is 0 Å². The molecule has 0 saturated carbocycles. The van der Waals surface area contributed by atoms with Gasteiger partial charge in [0.2, 0.25) is 0 Å². The Morgan fingerprint density at radius 2 is 1.73 bits per heavy atom. The average Bonchev–Trinajstić information content (AvgIpc) is 1.84. The molecule has 0 aliphatic rings. The van der Waals surface area contributed by atoms with Crippen LogP contribution in [-0.4, -0.2) is 33.1 Å². The Kier molecular flexibility index (Phi) is 3.53. The first-order chi connectivity index (χ1) is 4.86. The van der Waals surface area contributed by atoms with Gasteiger partial charge in [0, 0.05) is 0 Å². The highest BCUT2D eigenvalue weighted by atomic mass is 16.3. The van der Waals surface area contributed by atoms with Crippen LogP contribution in [0.15, 0.2) is 0 Å². The van der Waals surface area contributed by atoms with Gasteiger partial charge in [0.05, 0.1) is 6.10 Å². The molecule has 0 aromatic heterocycles. The van der Waals surface area contributed by atoms with Crippen LogP contribution < -0.4 is 0 Å². The van der Waals surface area contributed by atoms with E-state index in [4.69, 9.17) is 10.2 Å². The monoisotopic (exact) mass is 158 g/mol. The van der Waals surface area contributed by atoms with Crippen LogP contribution in [0.3, 0.4) is 0 Å². The second kappa shape index (κ2) is 3.72. The third-order valence-electron chi connectivity index (χ3n) is 1.35. The molecule has 3 unspecified atom stereocenters. The van der Waals surface area contributed by atoms with Crippen molar-refractivity contribution < 1.29 is 15.3 Å². The van der Waals surface area contributed by atoms with E-state index in [0.29, 0.717) is 0 Å². The zero-order valence-corrected chi connectivity index (χ0v) is 7.00. The van der Waals surface area contributed by atoms with Crippen LogP contribution in [0.25, 0.3) is 0 Å². The molecule has 11 heavy (non-hydrogen) atoms. The molecule has 3 heteroatoms. The third kappa shape index (κ3) is 3.99. The van der Waals surface area contributed by atoms with Crippen LogP contribution in [-0.2, 0) is 0 Å². The Morgan fingerprint density at radius 3 is 2.00 bits per heavy atom. The van der Waals surface area contributed by atoms with Crippen LogP contribution in [0.4, 0.5) is 0 Å². The van der Waals surface area contributed by atoms with E-state index in [1.807, 2.05) is 0 Å². The van der Waals surface area contributed by atoms with E-state index in [2.05, 4.69) is 11.8 Å². The Morgan fingerprint density at radius 1 is 1.27 bits per heavy atom. The molecule has 0 aliphatic heterocycles. The maximum absolute atomic E-state index is 9.31. The molecule has 0 aliphatic carbocycles. The fourth-order valence-corrected chi connectivity index (χ4v) is 0.355. The fourth-order valence-electron chi connectivity index (χ4n) is 0.355. The summed E-state index contributed by atoms with van der Waals surface area (Å²) in [5.74, 6) is 4.73. The van der Waals surface area contributed by atoms with Crippen molar-refractivity contribution in [2.75, 3.05) is 0 Å². The first-order valence-electron chi connectivity index (χ1n) is 3.47. The Hall–Kier alpha value is -0.560. The molecule has 0 amide bonds. The van der Waals surface area contributed by atoms with E-state index < -0.39 is 17.8 Å². The Balaban J connectivity index is 4.26. The van der Waals surface area contributed by atoms with Gasteiger partial charge in [-0.3, -0.25) is 0 Å². The lowest BCUT2D eigenvalue weighted by Crippen LogP contribution is -2.35. The smallest absolute Gasteiger partial charge is 0.148 e. The van der Waals surface area contributed by atoms with E-state index in [1.165, 1.54) is 20.8 Å². The predicted octanol–water partition coefficient (Wildman–Crippen LogP) is -0.498. The summed E-state index contributed by atoms with van der Waals surface area (Å²) in [5, 5.41) is 27.0. The van der Waals surface area contributed by atoms with Crippen molar-refractivity contribution >= 4 is 0 Å². The van der Waals surface area contributed by atoms with Crippen molar-refractivity contribution in [2.24, 2.45) is 0 Å². The molecule has 3 nitrogen and oxygen atoms in total. The quantitative estimate of drug-likeness (QED) is 0.451. The average molecular weight is 158 g/mol. The van der Waals surface area contributed by atoms with Gasteiger partial charge in [-0.2, -0.15) is 0 Å². The molecule has 0 aromatic carbocycles. The van der Waals surface area contributed by atoms with Crippen LogP contribution in [0.5, 0.6) is 0 Å². The molecular weight excluding hydrogens is 144 g/mol. The molecule has 0 radical (unpaired) electrons. The van der Waals surface area contributed by atoms with Crippen LogP contribution >= 0.6 is 0 Å². The maximum atomic E-state index is 9.31. The summed E-state index contributed by atoms with van der Waals surface area (Å²) in [4.78, 5) is 0. The lowest BCUT2D eigenvalue weighted by Gasteiger charge is -2.19. The summed E-state index contributed by atoms with van der Waals surface area (Å²) in [6.45, 7) is 4.33. The molecule has 3 atom stereocenters.